The van der Waals surface area contributed by atoms with Gasteiger partial charge in [0.15, 0.2) is 0 Å². The smallest absolute Gasteiger partial charge is 0.262 e. The number of piperidine rings is 1. The molecule has 4 bridgehead atoms. The lowest BCUT2D eigenvalue weighted by atomic mass is 9.49. The highest BCUT2D eigenvalue weighted by Gasteiger charge is 2.54. The number of likely N-dealkylation sites (tertiary alicyclic amines) is 1. The van der Waals surface area contributed by atoms with E-state index in [1.807, 2.05) is 0 Å². The first kappa shape index (κ1) is 20.9. The number of nitrogens with one attached hydrogen (secondary N) is 1. The Morgan fingerprint density at radius 2 is 1.39 bits per heavy atom. The summed E-state index contributed by atoms with van der Waals surface area (Å²) in [5, 5.41) is 3.34. The van der Waals surface area contributed by atoms with Crippen LogP contribution in [0, 0.1) is 23.2 Å². The number of carbonyl (C=O) groups is 4. The van der Waals surface area contributed by atoms with E-state index in [-0.39, 0.29) is 29.8 Å². The summed E-state index contributed by atoms with van der Waals surface area (Å²) >= 11 is 0. The Bertz CT molecular complexity index is 956. The van der Waals surface area contributed by atoms with E-state index in [2.05, 4.69) is 5.32 Å². The van der Waals surface area contributed by atoms with Gasteiger partial charge >= 0.3 is 0 Å². The molecule has 1 aromatic carbocycles. The third-order valence-corrected chi connectivity index (χ3v) is 8.87. The largest absolute Gasteiger partial charge is 0.353 e. The molecule has 6 aliphatic rings. The highest BCUT2D eigenvalue weighted by molar-refractivity contribution is 6.22. The fourth-order valence-electron chi connectivity index (χ4n) is 7.62. The fraction of sp³-hybridized carbons (Fsp3) is 0.615. The molecule has 1 saturated heterocycles. The Kier molecular flexibility index (Phi) is 4.85. The average Bonchev–Trinajstić information content (AvgIpc) is 3.04. The van der Waals surface area contributed by atoms with E-state index in [1.54, 1.807) is 29.2 Å². The summed E-state index contributed by atoms with van der Waals surface area (Å²) in [6, 6.07) is 6.78. The van der Waals surface area contributed by atoms with E-state index in [0.29, 0.717) is 37.1 Å². The molecule has 2 aliphatic heterocycles. The molecule has 1 N–H and O–H groups in total. The van der Waals surface area contributed by atoms with Crippen LogP contribution in [-0.2, 0) is 9.59 Å². The normalized spacial score (nSPS) is 32.9. The van der Waals surface area contributed by atoms with E-state index in [1.165, 1.54) is 19.3 Å². The molecule has 4 saturated carbocycles. The van der Waals surface area contributed by atoms with Crippen molar-refractivity contribution in [2.24, 2.45) is 23.2 Å². The summed E-state index contributed by atoms with van der Waals surface area (Å²) < 4.78 is 0. The van der Waals surface area contributed by atoms with Gasteiger partial charge in [-0.15, -0.1) is 0 Å². The van der Waals surface area contributed by atoms with Crippen LogP contribution >= 0.6 is 0 Å². The van der Waals surface area contributed by atoms with Gasteiger partial charge in [0.05, 0.1) is 11.1 Å². The van der Waals surface area contributed by atoms with E-state index >= 15 is 0 Å². The zero-order valence-corrected chi connectivity index (χ0v) is 18.9. The highest BCUT2D eigenvalue weighted by atomic mass is 16.2. The number of nitrogens with zero attached hydrogens (tertiary/aromatic N) is 2. The summed E-state index contributed by atoms with van der Waals surface area (Å²) in [4.78, 5) is 54.0. The summed E-state index contributed by atoms with van der Waals surface area (Å²) in [6.45, 7) is 0.846. The highest BCUT2D eigenvalue weighted by Crippen LogP contribution is 2.60. The Balaban J connectivity index is 1.03. The van der Waals surface area contributed by atoms with Crippen LogP contribution in [0.1, 0.15) is 72.1 Å². The van der Waals surface area contributed by atoms with E-state index in [4.69, 9.17) is 0 Å². The van der Waals surface area contributed by atoms with Gasteiger partial charge in [0.2, 0.25) is 11.8 Å². The number of imide groups is 1. The maximum atomic E-state index is 13.3. The standard InChI is InChI=1S/C26H31N3O4/c30-22(15-29-23(31)20-3-1-2-4-21(20)24(29)32)28-7-5-19(6-8-28)27-25(33)26-12-16-9-17(13-26)11-18(10-16)14-26/h1-4,16-19H,5-15H2,(H,27,33). The third-order valence-electron chi connectivity index (χ3n) is 8.87. The monoisotopic (exact) mass is 449 g/mol. The van der Waals surface area contributed by atoms with Gasteiger partial charge < -0.3 is 10.2 Å². The molecule has 1 aromatic rings. The molecule has 7 rings (SSSR count). The van der Waals surface area contributed by atoms with Crippen molar-refractivity contribution >= 4 is 23.6 Å². The molecule has 0 spiro atoms. The lowest BCUT2D eigenvalue weighted by Gasteiger charge is -2.56. The molecule has 174 valence electrons. The fourth-order valence-corrected chi connectivity index (χ4v) is 7.62. The van der Waals surface area contributed by atoms with Crippen molar-refractivity contribution in [3.8, 4) is 0 Å². The predicted octanol–water partition coefficient (Wildman–Crippen LogP) is 2.61. The average molecular weight is 450 g/mol. The second-order valence-electron chi connectivity index (χ2n) is 11.1. The molecule has 7 nitrogen and oxygen atoms in total. The summed E-state index contributed by atoms with van der Waals surface area (Å²) in [5.74, 6) is 1.45. The van der Waals surface area contributed by atoms with Gasteiger partial charge in [0.1, 0.15) is 6.54 Å². The van der Waals surface area contributed by atoms with E-state index in [9.17, 15) is 19.2 Å². The van der Waals surface area contributed by atoms with Crippen molar-refractivity contribution in [2.45, 2.75) is 57.4 Å². The van der Waals surface area contributed by atoms with Crippen molar-refractivity contribution in [2.75, 3.05) is 19.6 Å². The topological polar surface area (TPSA) is 86.8 Å². The van der Waals surface area contributed by atoms with Gasteiger partial charge in [-0.25, -0.2) is 0 Å². The first-order chi connectivity index (χ1) is 15.9. The summed E-state index contributed by atoms with van der Waals surface area (Å²) in [6.07, 6.45) is 8.56. The molecule has 2 heterocycles. The zero-order valence-electron chi connectivity index (χ0n) is 18.9. The number of benzene rings is 1. The molecule has 5 fully saturated rings. The van der Waals surface area contributed by atoms with Crippen LogP contribution in [0.25, 0.3) is 0 Å². The van der Waals surface area contributed by atoms with Crippen molar-refractivity contribution in [1.29, 1.82) is 0 Å². The Morgan fingerprint density at radius 1 is 0.879 bits per heavy atom. The Labute approximate surface area is 193 Å². The lowest BCUT2D eigenvalue weighted by molar-refractivity contribution is -0.147. The van der Waals surface area contributed by atoms with Crippen molar-refractivity contribution in [3.63, 3.8) is 0 Å². The molecule has 0 unspecified atom stereocenters. The third kappa shape index (κ3) is 3.47. The van der Waals surface area contributed by atoms with Crippen LogP contribution < -0.4 is 5.32 Å². The van der Waals surface area contributed by atoms with Crippen molar-refractivity contribution < 1.29 is 19.2 Å². The van der Waals surface area contributed by atoms with Crippen LogP contribution in [0.5, 0.6) is 0 Å². The molecule has 0 aromatic heterocycles. The molecular formula is C26H31N3O4. The van der Waals surface area contributed by atoms with Gasteiger partial charge in [-0.05, 0) is 81.3 Å². The van der Waals surface area contributed by atoms with Gasteiger partial charge in [0.25, 0.3) is 11.8 Å². The number of rotatable bonds is 4. The van der Waals surface area contributed by atoms with Crippen LogP contribution in [0.3, 0.4) is 0 Å². The SMILES string of the molecule is O=C(CN1C(=O)c2ccccc2C1=O)N1CCC(NC(=O)C23CC4CC(CC(C4)C2)C3)CC1. The first-order valence-electron chi connectivity index (χ1n) is 12.5. The minimum atomic E-state index is -0.401. The number of carbonyl (C=O) groups excluding carboxylic acids is 4. The lowest BCUT2D eigenvalue weighted by Crippen LogP contribution is -2.56. The Morgan fingerprint density at radius 3 is 1.91 bits per heavy atom. The molecule has 0 atom stereocenters. The molecule has 4 amide bonds. The van der Waals surface area contributed by atoms with Crippen LogP contribution in [0.15, 0.2) is 24.3 Å². The molecule has 4 aliphatic carbocycles. The minimum absolute atomic E-state index is 0.0915. The zero-order chi connectivity index (χ0) is 22.7. The summed E-state index contributed by atoms with van der Waals surface area (Å²) in [5.41, 5.74) is 0.579. The van der Waals surface area contributed by atoms with Crippen molar-refractivity contribution in [1.82, 2.24) is 15.1 Å². The molecule has 7 heteroatoms. The molecule has 33 heavy (non-hydrogen) atoms. The number of hydrogen-bond acceptors (Lipinski definition) is 4. The molecule has 0 radical (unpaired) electrons. The van der Waals surface area contributed by atoms with Gasteiger partial charge in [-0.3, -0.25) is 24.1 Å². The number of fused-ring (bicyclic) bond motifs is 1. The second-order valence-corrected chi connectivity index (χ2v) is 11.1. The Hall–Kier alpha value is -2.70. The molecular weight excluding hydrogens is 418 g/mol. The van der Waals surface area contributed by atoms with E-state index in [0.717, 1.165) is 41.9 Å². The van der Waals surface area contributed by atoms with Crippen LogP contribution in [0.4, 0.5) is 0 Å². The van der Waals surface area contributed by atoms with E-state index < -0.39 is 11.8 Å². The minimum Gasteiger partial charge on any atom is -0.353 e. The van der Waals surface area contributed by atoms with Gasteiger partial charge in [-0.2, -0.15) is 0 Å². The number of amides is 4. The van der Waals surface area contributed by atoms with Gasteiger partial charge in [-0.1, -0.05) is 12.1 Å². The van der Waals surface area contributed by atoms with Crippen LogP contribution in [-0.4, -0.2) is 59.1 Å². The first-order valence-corrected chi connectivity index (χ1v) is 12.5. The van der Waals surface area contributed by atoms with Crippen LogP contribution in [0.2, 0.25) is 0 Å². The summed E-state index contributed by atoms with van der Waals surface area (Å²) in [7, 11) is 0. The predicted molar refractivity (Wildman–Crippen MR) is 120 cm³/mol. The van der Waals surface area contributed by atoms with Gasteiger partial charge in [0, 0.05) is 24.5 Å². The van der Waals surface area contributed by atoms with Crippen molar-refractivity contribution in [3.05, 3.63) is 35.4 Å². The quantitative estimate of drug-likeness (QED) is 0.716. The number of hydrogen-bond donors (Lipinski definition) is 1. The maximum Gasteiger partial charge on any atom is 0.262 e. The maximum absolute atomic E-state index is 13.3. The second kappa shape index (κ2) is 7.67.